The number of nitro groups is 1. The highest BCUT2D eigenvalue weighted by atomic mass is 16.6. The second kappa shape index (κ2) is 5.58. The fourth-order valence-corrected chi connectivity index (χ4v) is 3.95. The number of rotatable bonds is 2. The van der Waals surface area contributed by atoms with Gasteiger partial charge in [0.1, 0.15) is 0 Å². The van der Waals surface area contributed by atoms with E-state index in [-0.39, 0.29) is 22.9 Å². The molecule has 2 aliphatic heterocycles. The van der Waals surface area contributed by atoms with Crippen LogP contribution in [-0.4, -0.2) is 46.3 Å². The summed E-state index contributed by atoms with van der Waals surface area (Å²) in [7, 11) is 0. The summed E-state index contributed by atoms with van der Waals surface area (Å²) in [6.07, 6.45) is 3.60. The molecule has 8 nitrogen and oxygen atoms in total. The van der Waals surface area contributed by atoms with Gasteiger partial charge in [-0.25, -0.2) is 0 Å². The van der Waals surface area contributed by atoms with Crippen LogP contribution >= 0.6 is 0 Å². The van der Waals surface area contributed by atoms with Crippen molar-refractivity contribution in [3.05, 3.63) is 40.1 Å². The molecule has 130 valence electrons. The number of hydrogen-bond donors (Lipinski definition) is 2. The first-order valence-electron chi connectivity index (χ1n) is 8.30. The lowest BCUT2D eigenvalue weighted by Gasteiger charge is -2.38. The molecule has 3 heterocycles. The SMILES string of the molecule is O=C1CC2(CCN(C(=O)c3c[nH]c4cccc([N+](=O)[O-])c34)CC2)CN1. The van der Waals surface area contributed by atoms with Gasteiger partial charge in [-0.2, -0.15) is 0 Å². The average molecular weight is 342 g/mol. The van der Waals surface area contributed by atoms with Crippen LogP contribution in [0.1, 0.15) is 29.6 Å². The number of amides is 2. The number of carbonyl (C=O) groups excluding carboxylic acids is 2. The van der Waals surface area contributed by atoms with Crippen molar-refractivity contribution >= 4 is 28.4 Å². The number of H-pyrrole nitrogens is 1. The lowest BCUT2D eigenvalue weighted by molar-refractivity contribution is -0.383. The maximum absolute atomic E-state index is 12.9. The quantitative estimate of drug-likeness (QED) is 0.641. The number of piperidine rings is 1. The van der Waals surface area contributed by atoms with Crippen molar-refractivity contribution < 1.29 is 14.5 Å². The molecule has 0 aliphatic carbocycles. The summed E-state index contributed by atoms with van der Waals surface area (Å²) in [5.74, 6) is -0.125. The van der Waals surface area contributed by atoms with E-state index in [1.54, 1.807) is 23.2 Å². The Balaban J connectivity index is 1.59. The Hall–Kier alpha value is -2.90. The average Bonchev–Trinajstić information content (AvgIpc) is 3.18. The van der Waals surface area contributed by atoms with Crippen LogP contribution in [0.4, 0.5) is 5.69 Å². The first-order valence-corrected chi connectivity index (χ1v) is 8.30. The molecule has 2 N–H and O–H groups in total. The number of aromatic nitrogens is 1. The maximum atomic E-state index is 12.9. The van der Waals surface area contributed by atoms with Gasteiger partial charge in [0.15, 0.2) is 0 Å². The van der Waals surface area contributed by atoms with E-state index in [1.807, 2.05) is 0 Å². The largest absolute Gasteiger partial charge is 0.360 e. The molecule has 4 rings (SSSR count). The molecule has 1 aromatic carbocycles. The van der Waals surface area contributed by atoms with Crippen molar-refractivity contribution in [2.75, 3.05) is 19.6 Å². The third-order valence-electron chi connectivity index (χ3n) is 5.42. The minimum absolute atomic E-state index is 0.0416. The van der Waals surface area contributed by atoms with Crippen LogP contribution in [0.15, 0.2) is 24.4 Å². The van der Waals surface area contributed by atoms with Gasteiger partial charge in [-0.1, -0.05) is 6.07 Å². The smallest absolute Gasteiger partial charge is 0.279 e. The van der Waals surface area contributed by atoms with E-state index in [9.17, 15) is 19.7 Å². The third-order valence-corrected chi connectivity index (χ3v) is 5.42. The number of fused-ring (bicyclic) bond motifs is 1. The Morgan fingerprint density at radius 1 is 1.28 bits per heavy atom. The summed E-state index contributed by atoms with van der Waals surface area (Å²) < 4.78 is 0. The van der Waals surface area contributed by atoms with Crippen LogP contribution in [0.3, 0.4) is 0 Å². The summed E-state index contributed by atoms with van der Waals surface area (Å²) in [5.41, 5.74) is 0.803. The van der Waals surface area contributed by atoms with E-state index >= 15 is 0 Å². The number of nitrogens with one attached hydrogen (secondary N) is 2. The molecule has 0 atom stereocenters. The molecule has 2 fully saturated rings. The molecule has 1 aromatic heterocycles. The minimum Gasteiger partial charge on any atom is -0.360 e. The van der Waals surface area contributed by atoms with Gasteiger partial charge in [0.2, 0.25) is 5.91 Å². The van der Waals surface area contributed by atoms with Crippen LogP contribution in [0.5, 0.6) is 0 Å². The number of benzene rings is 1. The Bertz CT molecular complexity index is 880. The summed E-state index contributed by atoms with van der Waals surface area (Å²) in [6.45, 7) is 1.79. The third kappa shape index (κ3) is 2.54. The summed E-state index contributed by atoms with van der Waals surface area (Å²) >= 11 is 0. The first kappa shape index (κ1) is 15.6. The van der Waals surface area contributed by atoms with Crippen LogP contribution in [0, 0.1) is 15.5 Å². The number of likely N-dealkylation sites (tertiary alicyclic amines) is 1. The van der Waals surface area contributed by atoms with E-state index in [4.69, 9.17) is 0 Å². The van der Waals surface area contributed by atoms with Crippen molar-refractivity contribution in [3.63, 3.8) is 0 Å². The molecule has 25 heavy (non-hydrogen) atoms. The highest BCUT2D eigenvalue weighted by Crippen LogP contribution is 2.38. The van der Waals surface area contributed by atoms with E-state index in [2.05, 4.69) is 10.3 Å². The van der Waals surface area contributed by atoms with Gasteiger partial charge in [0.25, 0.3) is 11.6 Å². The normalized spacial score (nSPS) is 19.4. The topological polar surface area (TPSA) is 108 Å². The number of nitro benzene ring substituents is 1. The Labute approximate surface area is 143 Å². The zero-order valence-corrected chi connectivity index (χ0v) is 13.6. The molecule has 2 amide bonds. The van der Waals surface area contributed by atoms with Crippen molar-refractivity contribution in [2.24, 2.45) is 5.41 Å². The monoisotopic (exact) mass is 342 g/mol. The lowest BCUT2D eigenvalue weighted by Crippen LogP contribution is -2.44. The van der Waals surface area contributed by atoms with Gasteiger partial charge < -0.3 is 15.2 Å². The van der Waals surface area contributed by atoms with Crippen LogP contribution in [-0.2, 0) is 4.79 Å². The summed E-state index contributed by atoms with van der Waals surface area (Å²) in [4.78, 5) is 39.9. The highest BCUT2D eigenvalue weighted by molar-refractivity contribution is 6.10. The molecule has 1 spiro atoms. The Morgan fingerprint density at radius 2 is 2.04 bits per heavy atom. The number of carbonyl (C=O) groups is 2. The van der Waals surface area contributed by atoms with Gasteiger partial charge in [-0.3, -0.25) is 19.7 Å². The highest BCUT2D eigenvalue weighted by Gasteiger charge is 2.42. The zero-order chi connectivity index (χ0) is 17.6. The van der Waals surface area contributed by atoms with E-state index in [0.29, 0.717) is 42.5 Å². The summed E-state index contributed by atoms with van der Waals surface area (Å²) in [6, 6.07) is 4.73. The second-order valence-electron chi connectivity index (χ2n) is 6.90. The van der Waals surface area contributed by atoms with Crippen molar-refractivity contribution in [3.8, 4) is 0 Å². The van der Waals surface area contributed by atoms with E-state index in [0.717, 1.165) is 12.8 Å². The van der Waals surface area contributed by atoms with E-state index < -0.39 is 4.92 Å². The predicted octanol–water partition coefficient (Wildman–Crippen LogP) is 1.82. The van der Waals surface area contributed by atoms with Crippen molar-refractivity contribution in [1.29, 1.82) is 0 Å². The predicted molar refractivity (Wildman–Crippen MR) is 90.2 cm³/mol. The van der Waals surface area contributed by atoms with Gasteiger partial charge in [-0.05, 0) is 24.3 Å². The molecule has 0 bridgehead atoms. The van der Waals surface area contributed by atoms with Gasteiger partial charge >= 0.3 is 0 Å². The summed E-state index contributed by atoms with van der Waals surface area (Å²) in [5, 5.41) is 14.5. The lowest BCUT2D eigenvalue weighted by atomic mass is 9.77. The minimum atomic E-state index is -0.464. The molecule has 2 aromatic rings. The fourth-order valence-electron chi connectivity index (χ4n) is 3.95. The molecule has 2 saturated heterocycles. The molecule has 2 aliphatic rings. The Kier molecular flexibility index (Phi) is 3.48. The number of non-ortho nitro benzene ring substituents is 1. The van der Waals surface area contributed by atoms with Gasteiger partial charge in [-0.15, -0.1) is 0 Å². The molecular weight excluding hydrogens is 324 g/mol. The number of nitrogens with zero attached hydrogens (tertiary/aromatic N) is 2. The Morgan fingerprint density at radius 3 is 2.68 bits per heavy atom. The second-order valence-corrected chi connectivity index (χ2v) is 6.90. The van der Waals surface area contributed by atoms with Gasteiger partial charge in [0.05, 0.1) is 21.4 Å². The number of hydrogen-bond acceptors (Lipinski definition) is 4. The standard InChI is InChI=1S/C17H18N4O4/c22-14-8-17(10-19-14)4-6-20(7-5-17)16(23)11-9-18-12-2-1-3-13(15(11)12)21(24)25/h1-3,9,18H,4-8,10H2,(H,19,22). The molecular formula is C17H18N4O4. The van der Waals surface area contributed by atoms with Crippen molar-refractivity contribution in [1.82, 2.24) is 15.2 Å². The van der Waals surface area contributed by atoms with Gasteiger partial charge in [0, 0.05) is 38.3 Å². The zero-order valence-electron chi connectivity index (χ0n) is 13.6. The van der Waals surface area contributed by atoms with Crippen LogP contribution in [0.25, 0.3) is 10.9 Å². The van der Waals surface area contributed by atoms with Crippen molar-refractivity contribution in [2.45, 2.75) is 19.3 Å². The molecule has 0 radical (unpaired) electrons. The number of aromatic amines is 1. The van der Waals surface area contributed by atoms with E-state index in [1.165, 1.54) is 6.07 Å². The fraction of sp³-hybridized carbons (Fsp3) is 0.412. The van der Waals surface area contributed by atoms with Crippen LogP contribution in [0.2, 0.25) is 0 Å². The van der Waals surface area contributed by atoms with Crippen LogP contribution < -0.4 is 5.32 Å². The molecule has 0 saturated carbocycles. The molecule has 0 unspecified atom stereocenters. The maximum Gasteiger partial charge on any atom is 0.279 e. The molecule has 8 heteroatoms. The first-order chi connectivity index (χ1) is 12.0.